The predicted molar refractivity (Wildman–Crippen MR) is 76.1 cm³/mol. The number of nitriles is 1. The Hall–Kier alpha value is -2.60. The smallest absolute Gasteiger partial charge is 0.258 e. The Morgan fingerprint density at radius 1 is 1.11 bits per heavy atom. The van der Waals surface area contributed by atoms with Gasteiger partial charge in [0.1, 0.15) is 0 Å². The van der Waals surface area contributed by atoms with Crippen LogP contribution in [-0.4, -0.2) is 4.57 Å². The number of aryl methyl sites for hydroxylation is 1. The molecule has 1 heterocycles. The summed E-state index contributed by atoms with van der Waals surface area (Å²) >= 11 is 0. The topological polar surface area (TPSA) is 45.8 Å². The minimum Gasteiger partial charge on any atom is -0.308 e. The molecule has 92 valence electrons. The monoisotopic (exact) mass is 248 g/mol. The van der Waals surface area contributed by atoms with Gasteiger partial charge in [-0.1, -0.05) is 18.2 Å². The lowest BCUT2D eigenvalue weighted by atomic mass is 10.0. The van der Waals surface area contributed by atoms with Gasteiger partial charge in [-0.25, -0.2) is 0 Å². The van der Waals surface area contributed by atoms with Crippen LogP contribution in [0.5, 0.6) is 0 Å². The molecule has 0 amide bonds. The molecular weight excluding hydrogens is 236 g/mol. The number of aromatic nitrogens is 1. The molecule has 0 aliphatic carbocycles. The summed E-state index contributed by atoms with van der Waals surface area (Å²) in [5.74, 6) is 0. The summed E-state index contributed by atoms with van der Waals surface area (Å²) in [5.41, 5.74) is 1.51. The van der Waals surface area contributed by atoms with Crippen LogP contribution in [0.4, 0.5) is 0 Å². The van der Waals surface area contributed by atoms with E-state index in [1.165, 1.54) is 0 Å². The van der Waals surface area contributed by atoms with E-state index in [4.69, 9.17) is 5.26 Å². The molecule has 3 heteroatoms. The Labute approximate surface area is 110 Å². The highest BCUT2D eigenvalue weighted by Crippen LogP contribution is 2.23. The van der Waals surface area contributed by atoms with Crippen molar-refractivity contribution in [2.45, 2.75) is 13.5 Å². The minimum atomic E-state index is 0.0234. The molecule has 0 aliphatic heterocycles. The number of hydrogen-bond acceptors (Lipinski definition) is 2. The van der Waals surface area contributed by atoms with Crippen molar-refractivity contribution < 1.29 is 0 Å². The maximum Gasteiger partial charge on any atom is 0.258 e. The molecule has 3 nitrogen and oxygen atoms in total. The van der Waals surface area contributed by atoms with Gasteiger partial charge in [0.05, 0.1) is 17.1 Å². The van der Waals surface area contributed by atoms with Crippen LogP contribution < -0.4 is 5.56 Å². The minimum absolute atomic E-state index is 0.0234. The fraction of sp³-hybridized carbons (Fsp3) is 0.125. The Bertz CT molecular complexity index is 885. The largest absolute Gasteiger partial charge is 0.308 e. The predicted octanol–water partition coefficient (Wildman–Crippen LogP) is 3.05. The molecule has 0 aliphatic rings. The first-order chi connectivity index (χ1) is 9.26. The Balaban J connectivity index is 2.64. The van der Waals surface area contributed by atoms with Gasteiger partial charge in [0, 0.05) is 17.3 Å². The zero-order chi connectivity index (χ0) is 13.4. The third-order valence-electron chi connectivity index (χ3n) is 3.43. The summed E-state index contributed by atoms with van der Waals surface area (Å²) < 4.78 is 1.75. The van der Waals surface area contributed by atoms with Crippen molar-refractivity contribution in [3.8, 4) is 6.07 Å². The first-order valence-electron chi connectivity index (χ1n) is 6.21. The van der Waals surface area contributed by atoms with Crippen LogP contribution in [-0.2, 0) is 6.54 Å². The molecule has 0 N–H and O–H groups in total. The van der Waals surface area contributed by atoms with Crippen LogP contribution in [0.15, 0.2) is 47.3 Å². The SMILES string of the molecule is CCn1c(=O)c2ccccc2c2cc(C#N)ccc21. The van der Waals surface area contributed by atoms with Crippen molar-refractivity contribution in [3.05, 3.63) is 58.4 Å². The fourth-order valence-electron chi connectivity index (χ4n) is 2.53. The van der Waals surface area contributed by atoms with Gasteiger partial charge in [-0.3, -0.25) is 4.79 Å². The van der Waals surface area contributed by atoms with Crippen molar-refractivity contribution >= 4 is 21.7 Å². The summed E-state index contributed by atoms with van der Waals surface area (Å²) in [5, 5.41) is 11.6. The summed E-state index contributed by atoms with van der Waals surface area (Å²) in [7, 11) is 0. The molecule has 0 radical (unpaired) electrons. The third-order valence-corrected chi connectivity index (χ3v) is 3.43. The molecule has 0 saturated carbocycles. The maximum atomic E-state index is 12.4. The van der Waals surface area contributed by atoms with E-state index in [1.807, 2.05) is 43.3 Å². The van der Waals surface area contributed by atoms with Crippen molar-refractivity contribution in [1.82, 2.24) is 4.57 Å². The van der Waals surface area contributed by atoms with Crippen LogP contribution in [0, 0.1) is 11.3 Å². The average molecular weight is 248 g/mol. The van der Waals surface area contributed by atoms with Gasteiger partial charge in [-0.15, -0.1) is 0 Å². The second-order valence-corrected chi connectivity index (χ2v) is 4.44. The normalized spacial score (nSPS) is 10.7. The van der Waals surface area contributed by atoms with Crippen molar-refractivity contribution in [2.75, 3.05) is 0 Å². The zero-order valence-corrected chi connectivity index (χ0v) is 10.6. The zero-order valence-electron chi connectivity index (χ0n) is 10.6. The second-order valence-electron chi connectivity index (χ2n) is 4.44. The quantitative estimate of drug-likeness (QED) is 0.621. The molecule has 1 aromatic heterocycles. The van der Waals surface area contributed by atoms with E-state index in [0.29, 0.717) is 17.5 Å². The van der Waals surface area contributed by atoms with Crippen molar-refractivity contribution in [1.29, 1.82) is 5.26 Å². The number of benzene rings is 2. The van der Waals surface area contributed by atoms with E-state index in [9.17, 15) is 4.79 Å². The van der Waals surface area contributed by atoms with Gasteiger partial charge in [-0.2, -0.15) is 5.26 Å². The molecule has 0 saturated heterocycles. The number of hydrogen-bond donors (Lipinski definition) is 0. The van der Waals surface area contributed by atoms with Crippen LogP contribution in [0.1, 0.15) is 12.5 Å². The van der Waals surface area contributed by atoms with Gasteiger partial charge >= 0.3 is 0 Å². The van der Waals surface area contributed by atoms with E-state index in [0.717, 1.165) is 16.3 Å². The summed E-state index contributed by atoms with van der Waals surface area (Å²) in [4.78, 5) is 12.4. The number of fused-ring (bicyclic) bond motifs is 3. The van der Waals surface area contributed by atoms with Crippen molar-refractivity contribution in [2.24, 2.45) is 0 Å². The molecule has 0 spiro atoms. The van der Waals surface area contributed by atoms with Crippen LogP contribution in [0.25, 0.3) is 21.7 Å². The number of rotatable bonds is 1. The average Bonchev–Trinajstić information content (AvgIpc) is 2.47. The number of pyridine rings is 1. The van der Waals surface area contributed by atoms with E-state index < -0.39 is 0 Å². The molecule has 3 rings (SSSR count). The summed E-state index contributed by atoms with van der Waals surface area (Å²) in [6, 6.07) is 15.1. The first-order valence-corrected chi connectivity index (χ1v) is 6.21. The highest BCUT2D eigenvalue weighted by Gasteiger charge is 2.09. The molecule has 0 unspecified atom stereocenters. The third kappa shape index (κ3) is 1.61. The molecule has 3 aromatic rings. The lowest BCUT2D eigenvalue weighted by molar-refractivity contribution is 0.767. The summed E-state index contributed by atoms with van der Waals surface area (Å²) in [6.45, 7) is 2.57. The van der Waals surface area contributed by atoms with Gasteiger partial charge in [0.2, 0.25) is 0 Å². The Morgan fingerprint density at radius 2 is 1.84 bits per heavy atom. The van der Waals surface area contributed by atoms with Gasteiger partial charge in [-0.05, 0) is 36.6 Å². The van der Waals surface area contributed by atoms with Crippen LogP contribution >= 0.6 is 0 Å². The lowest BCUT2D eigenvalue weighted by Crippen LogP contribution is -2.19. The van der Waals surface area contributed by atoms with Crippen LogP contribution in [0.2, 0.25) is 0 Å². The number of nitrogens with zero attached hydrogens (tertiary/aromatic N) is 2. The highest BCUT2D eigenvalue weighted by molar-refractivity contribution is 6.05. The molecule has 0 fully saturated rings. The Morgan fingerprint density at radius 3 is 2.53 bits per heavy atom. The van der Waals surface area contributed by atoms with E-state index in [2.05, 4.69) is 6.07 Å². The fourth-order valence-corrected chi connectivity index (χ4v) is 2.53. The lowest BCUT2D eigenvalue weighted by Gasteiger charge is -2.11. The summed E-state index contributed by atoms with van der Waals surface area (Å²) in [6.07, 6.45) is 0. The molecule has 19 heavy (non-hydrogen) atoms. The van der Waals surface area contributed by atoms with Gasteiger partial charge in [0.15, 0.2) is 0 Å². The van der Waals surface area contributed by atoms with Gasteiger partial charge < -0.3 is 4.57 Å². The van der Waals surface area contributed by atoms with Gasteiger partial charge in [0.25, 0.3) is 5.56 Å². The van der Waals surface area contributed by atoms with Crippen molar-refractivity contribution in [3.63, 3.8) is 0 Å². The maximum absolute atomic E-state index is 12.4. The standard InChI is InChI=1S/C16H12N2O/c1-2-18-15-8-7-11(10-17)9-14(15)12-5-3-4-6-13(12)16(18)19/h3-9H,2H2,1H3. The van der Waals surface area contributed by atoms with E-state index in [1.54, 1.807) is 10.6 Å². The molecule has 0 atom stereocenters. The van der Waals surface area contributed by atoms with Crippen LogP contribution in [0.3, 0.4) is 0 Å². The first kappa shape index (κ1) is 11.5. The second kappa shape index (κ2) is 4.25. The Kier molecular flexibility index (Phi) is 2.57. The molecule has 0 bridgehead atoms. The molecule has 2 aromatic carbocycles. The highest BCUT2D eigenvalue weighted by atomic mass is 16.1. The van der Waals surface area contributed by atoms with E-state index >= 15 is 0 Å². The van der Waals surface area contributed by atoms with E-state index in [-0.39, 0.29) is 5.56 Å². The molecular formula is C16H12N2O.